The zero-order valence-electron chi connectivity index (χ0n) is 9.82. The number of nitrogens with zero attached hydrogens (tertiary/aromatic N) is 1. The van der Waals surface area contributed by atoms with E-state index in [9.17, 15) is 4.79 Å². The Labute approximate surface area is 101 Å². The fourth-order valence-corrected chi connectivity index (χ4v) is 2.80. The van der Waals surface area contributed by atoms with Crippen LogP contribution in [0.5, 0.6) is 0 Å². The van der Waals surface area contributed by atoms with Crippen LogP contribution in [0.2, 0.25) is 0 Å². The molecule has 0 radical (unpaired) electrons. The summed E-state index contributed by atoms with van der Waals surface area (Å²) in [7, 11) is 0. The monoisotopic (exact) mass is 237 g/mol. The van der Waals surface area contributed by atoms with Gasteiger partial charge in [-0.05, 0) is 43.3 Å². The maximum Gasteiger partial charge on any atom is 0.174 e. The lowest BCUT2D eigenvalue weighted by Gasteiger charge is -2.29. The van der Waals surface area contributed by atoms with Crippen molar-refractivity contribution < 1.29 is 4.79 Å². The van der Waals surface area contributed by atoms with Crippen molar-refractivity contribution in [2.24, 2.45) is 5.92 Å². The summed E-state index contributed by atoms with van der Waals surface area (Å²) >= 11 is 1.55. The second-order valence-corrected chi connectivity index (χ2v) is 5.62. The van der Waals surface area contributed by atoms with Crippen LogP contribution in [0.3, 0.4) is 0 Å². The van der Waals surface area contributed by atoms with Crippen molar-refractivity contribution in [2.45, 2.75) is 26.2 Å². The molecule has 0 spiro atoms. The first-order valence-electron chi connectivity index (χ1n) is 6.05. The Morgan fingerprint density at radius 3 is 2.88 bits per heavy atom. The van der Waals surface area contributed by atoms with Crippen molar-refractivity contribution in [3.05, 3.63) is 22.4 Å². The number of carbonyl (C=O) groups is 1. The summed E-state index contributed by atoms with van der Waals surface area (Å²) in [5, 5.41) is 1.97. The highest BCUT2D eigenvalue weighted by Gasteiger charge is 2.16. The molecule has 1 aromatic rings. The van der Waals surface area contributed by atoms with Gasteiger partial charge in [0.05, 0.1) is 4.88 Å². The molecular weight excluding hydrogens is 218 g/mol. The number of carbonyl (C=O) groups excluding carboxylic acids is 1. The highest BCUT2D eigenvalue weighted by atomic mass is 32.1. The summed E-state index contributed by atoms with van der Waals surface area (Å²) in [5.74, 6) is 1.16. The fourth-order valence-electron chi connectivity index (χ4n) is 2.11. The van der Waals surface area contributed by atoms with E-state index >= 15 is 0 Å². The van der Waals surface area contributed by atoms with E-state index in [1.807, 2.05) is 17.5 Å². The highest BCUT2D eigenvalue weighted by molar-refractivity contribution is 7.12. The second kappa shape index (κ2) is 5.60. The maximum absolute atomic E-state index is 11.8. The predicted molar refractivity (Wildman–Crippen MR) is 68.1 cm³/mol. The number of rotatable bonds is 4. The molecule has 1 aliphatic rings. The minimum atomic E-state index is 0.300. The Morgan fingerprint density at radius 2 is 2.25 bits per heavy atom. The molecule has 3 heteroatoms. The lowest BCUT2D eigenvalue weighted by molar-refractivity contribution is 0.0957. The molecule has 0 unspecified atom stereocenters. The molecule has 2 nitrogen and oxygen atoms in total. The van der Waals surface area contributed by atoms with Crippen LogP contribution in [-0.2, 0) is 0 Å². The molecule has 0 amide bonds. The molecule has 2 heterocycles. The lowest BCUT2D eigenvalue weighted by Crippen LogP contribution is -2.34. The van der Waals surface area contributed by atoms with Gasteiger partial charge in [0.25, 0.3) is 0 Å². The normalized spacial score (nSPS) is 18.8. The third kappa shape index (κ3) is 3.16. The topological polar surface area (TPSA) is 20.3 Å². The van der Waals surface area contributed by atoms with E-state index in [1.54, 1.807) is 11.3 Å². The van der Waals surface area contributed by atoms with Crippen molar-refractivity contribution in [1.29, 1.82) is 0 Å². The van der Waals surface area contributed by atoms with Crippen LogP contribution in [-0.4, -0.2) is 30.3 Å². The minimum absolute atomic E-state index is 0.300. The van der Waals surface area contributed by atoms with Gasteiger partial charge in [-0.15, -0.1) is 11.3 Å². The molecule has 0 aromatic carbocycles. The molecular formula is C13H19NOS. The molecule has 0 atom stereocenters. The third-order valence-electron chi connectivity index (χ3n) is 3.33. The Morgan fingerprint density at radius 1 is 1.50 bits per heavy atom. The van der Waals surface area contributed by atoms with Crippen LogP contribution < -0.4 is 0 Å². The van der Waals surface area contributed by atoms with Crippen LogP contribution >= 0.6 is 11.3 Å². The first-order chi connectivity index (χ1) is 7.75. The standard InChI is InChI=1S/C13H19NOS/c1-11-4-7-14(8-5-11)9-6-12(15)13-3-2-10-16-13/h2-3,10-11H,4-9H2,1H3. The molecule has 0 saturated carbocycles. The van der Waals surface area contributed by atoms with Gasteiger partial charge in [-0.25, -0.2) is 0 Å². The summed E-state index contributed by atoms with van der Waals surface area (Å²) in [6.45, 7) is 5.58. The van der Waals surface area contributed by atoms with E-state index in [4.69, 9.17) is 0 Å². The minimum Gasteiger partial charge on any atom is -0.303 e. The predicted octanol–water partition coefficient (Wildman–Crippen LogP) is 3.05. The largest absolute Gasteiger partial charge is 0.303 e. The van der Waals surface area contributed by atoms with E-state index in [2.05, 4.69) is 11.8 Å². The Kier molecular flexibility index (Phi) is 4.13. The molecule has 1 aliphatic heterocycles. The van der Waals surface area contributed by atoms with Crippen molar-refractivity contribution >= 4 is 17.1 Å². The number of Topliss-reactive ketones (excluding diaryl/α,β-unsaturated/α-hetero) is 1. The van der Waals surface area contributed by atoms with Gasteiger partial charge in [-0.2, -0.15) is 0 Å². The summed E-state index contributed by atoms with van der Waals surface area (Å²) in [6.07, 6.45) is 3.25. The number of piperidine rings is 1. The van der Waals surface area contributed by atoms with E-state index in [1.165, 1.54) is 25.9 Å². The highest BCUT2D eigenvalue weighted by Crippen LogP contribution is 2.17. The average Bonchev–Trinajstić information content (AvgIpc) is 2.81. The average molecular weight is 237 g/mol. The van der Waals surface area contributed by atoms with Gasteiger partial charge in [-0.1, -0.05) is 13.0 Å². The molecule has 1 saturated heterocycles. The summed E-state index contributed by atoms with van der Waals surface area (Å²) in [5.41, 5.74) is 0. The van der Waals surface area contributed by atoms with E-state index < -0.39 is 0 Å². The van der Waals surface area contributed by atoms with Crippen molar-refractivity contribution in [1.82, 2.24) is 4.90 Å². The molecule has 1 fully saturated rings. The van der Waals surface area contributed by atoms with Gasteiger partial charge in [0.15, 0.2) is 5.78 Å². The third-order valence-corrected chi connectivity index (χ3v) is 4.24. The number of thiophene rings is 1. The van der Waals surface area contributed by atoms with Crippen molar-refractivity contribution in [3.8, 4) is 0 Å². The molecule has 88 valence electrons. The van der Waals surface area contributed by atoms with E-state index in [0.717, 1.165) is 17.3 Å². The Hall–Kier alpha value is -0.670. The Bertz CT molecular complexity index is 326. The summed E-state index contributed by atoms with van der Waals surface area (Å²) < 4.78 is 0. The van der Waals surface area contributed by atoms with Gasteiger partial charge < -0.3 is 4.90 Å². The molecule has 16 heavy (non-hydrogen) atoms. The summed E-state index contributed by atoms with van der Waals surface area (Å²) in [4.78, 5) is 15.1. The van der Waals surface area contributed by atoms with Gasteiger partial charge >= 0.3 is 0 Å². The van der Waals surface area contributed by atoms with Crippen molar-refractivity contribution in [2.75, 3.05) is 19.6 Å². The van der Waals surface area contributed by atoms with Gasteiger partial charge in [0, 0.05) is 13.0 Å². The molecule has 0 N–H and O–H groups in total. The molecule has 1 aromatic heterocycles. The maximum atomic E-state index is 11.8. The SMILES string of the molecule is CC1CCN(CCC(=O)c2cccs2)CC1. The molecule has 0 bridgehead atoms. The van der Waals surface area contributed by atoms with Gasteiger partial charge in [0.2, 0.25) is 0 Å². The molecule has 2 rings (SSSR count). The number of hydrogen-bond acceptors (Lipinski definition) is 3. The van der Waals surface area contributed by atoms with Gasteiger partial charge in [-0.3, -0.25) is 4.79 Å². The number of likely N-dealkylation sites (tertiary alicyclic amines) is 1. The quantitative estimate of drug-likeness (QED) is 0.750. The smallest absolute Gasteiger partial charge is 0.174 e. The van der Waals surface area contributed by atoms with Crippen LogP contribution in [0.4, 0.5) is 0 Å². The number of hydrogen-bond donors (Lipinski definition) is 0. The zero-order chi connectivity index (χ0) is 11.4. The van der Waals surface area contributed by atoms with Crippen LogP contribution in [0.15, 0.2) is 17.5 Å². The molecule has 0 aliphatic carbocycles. The van der Waals surface area contributed by atoms with Gasteiger partial charge in [0.1, 0.15) is 0 Å². The fraction of sp³-hybridized carbons (Fsp3) is 0.615. The summed E-state index contributed by atoms with van der Waals surface area (Å²) in [6, 6.07) is 3.87. The first kappa shape index (κ1) is 11.8. The van der Waals surface area contributed by atoms with Crippen molar-refractivity contribution in [3.63, 3.8) is 0 Å². The van der Waals surface area contributed by atoms with E-state index in [-0.39, 0.29) is 0 Å². The Balaban J connectivity index is 1.73. The second-order valence-electron chi connectivity index (χ2n) is 4.67. The van der Waals surface area contributed by atoms with Crippen LogP contribution in [0, 0.1) is 5.92 Å². The lowest BCUT2D eigenvalue weighted by atomic mass is 9.99. The van der Waals surface area contributed by atoms with Crippen LogP contribution in [0.1, 0.15) is 35.9 Å². The first-order valence-corrected chi connectivity index (χ1v) is 6.93. The number of ketones is 1. The zero-order valence-corrected chi connectivity index (χ0v) is 10.6. The van der Waals surface area contributed by atoms with E-state index in [0.29, 0.717) is 12.2 Å². The van der Waals surface area contributed by atoms with Crippen LogP contribution in [0.25, 0.3) is 0 Å².